The molecule has 0 saturated carbocycles. The van der Waals surface area contributed by atoms with E-state index in [4.69, 9.17) is 28.5 Å². The average Bonchev–Trinajstić information content (AvgIpc) is 3.98. The van der Waals surface area contributed by atoms with Crippen LogP contribution in [0.5, 0.6) is 5.75 Å². The van der Waals surface area contributed by atoms with Crippen molar-refractivity contribution in [3.05, 3.63) is 36.2 Å². The van der Waals surface area contributed by atoms with Crippen LogP contribution in [0.15, 0.2) is 35.6 Å². The van der Waals surface area contributed by atoms with Crippen LogP contribution < -0.4 is 10.2 Å². The fraction of sp³-hybridized carbons (Fsp3) is 0.852. The molecule has 0 aliphatic carbocycles. The Morgan fingerprint density at radius 2 is 1.26 bits per heavy atom. The van der Waals surface area contributed by atoms with Gasteiger partial charge in [0.05, 0.1) is 24.4 Å². The van der Waals surface area contributed by atoms with E-state index in [9.17, 15) is 0 Å². The first-order valence-corrected chi connectivity index (χ1v) is 24.8. The zero-order valence-corrected chi connectivity index (χ0v) is 47.0. The molecule has 0 radical (unpaired) electrons. The number of hydrogen-bond donors (Lipinski definition) is 1. The lowest BCUT2D eigenvalue weighted by atomic mass is 9.65. The van der Waals surface area contributed by atoms with Crippen molar-refractivity contribution in [2.75, 3.05) is 33.0 Å². The zero-order chi connectivity index (χ0) is 51.1. The molecule has 66 heavy (non-hydrogen) atoms. The van der Waals surface area contributed by atoms with Crippen LogP contribution in [0.25, 0.3) is 0 Å². The summed E-state index contributed by atoms with van der Waals surface area (Å²) >= 11 is 0. The van der Waals surface area contributed by atoms with Gasteiger partial charge in [0.15, 0.2) is 12.0 Å². The van der Waals surface area contributed by atoms with E-state index in [1.807, 2.05) is 6.92 Å². The second-order valence-electron chi connectivity index (χ2n) is 25.8. The maximum Gasteiger partial charge on any atom is 0.176 e. The van der Waals surface area contributed by atoms with Gasteiger partial charge >= 0.3 is 0 Å². The van der Waals surface area contributed by atoms with Gasteiger partial charge in [0.2, 0.25) is 0 Å². The molecule has 382 valence electrons. The van der Waals surface area contributed by atoms with Crippen molar-refractivity contribution in [3.63, 3.8) is 0 Å². The first-order valence-electron chi connectivity index (χ1n) is 24.8. The monoisotopic (exact) mass is 929 g/mol. The summed E-state index contributed by atoms with van der Waals surface area (Å²) in [5.41, 5.74) is 5.09. The summed E-state index contributed by atoms with van der Waals surface area (Å²) in [5.74, 6) is 1.66. The largest absolute Gasteiger partial charge is 0.487 e. The Labute approximate surface area is 404 Å². The summed E-state index contributed by atoms with van der Waals surface area (Å²) in [7, 11) is 0. The Morgan fingerprint density at radius 1 is 0.712 bits per heavy atom. The highest BCUT2D eigenvalue weighted by Crippen LogP contribution is 2.50. The number of amidine groups is 1. The van der Waals surface area contributed by atoms with E-state index in [1.54, 1.807) is 11.0 Å². The quantitative estimate of drug-likeness (QED) is 0.310. The molecule has 0 spiro atoms. The third-order valence-electron chi connectivity index (χ3n) is 15.7. The molecule has 2 atom stereocenters. The second kappa shape index (κ2) is 22.0. The Hall–Kier alpha value is -2.64. The number of hydrogen-bond acceptors (Lipinski definition) is 11. The number of hydroxylamine groups is 1. The van der Waals surface area contributed by atoms with Gasteiger partial charge in [-0.25, -0.2) is 14.5 Å². The molecule has 2 aromatic rings. The maximum atomic E-state index is 6.32. The molecule has 4 aliphatic heterocycles. The molecule has 1 aromatic carbocycles. The fourth-order valence-corrected chi connectivity index (χ4v) is 7.69. The molecule has 2 unspecified atom stereocenters. The van der Waals surface area contributed by atoms with Crippen LogP contribution in [0.4, 0.5) is 0 Å². The normalized spacial score (nSPS) is 22.7. The zero-order valence-electron chi connectivity index (χ0n) is 47.0. The number of nitrogens with zero attached hydrogens (tertiary/aromatic N) is 5. The van der Waals surface area contributed by atoms with Crippen LogP contribution in [0.1, 0.15) is 204 Å². The molecule has 4 aliphatic rings. The lowest BCUT2D eigenvalue weighted by Crippen LogP contribution is -2.52. The molecule has 1 aromatic heterocycles. The van der Waals surface area contributed by atoms with Gasteiger partial charge in [-0.2, -0.15) is 0 Å². The molecule has 5 heterocycles. The van der Waals surface area contributed by atoms with Crippen LogP contribution in [0.2, 0.25) is 0 Å². The average molecular weight is 929 g/mol. The SMILES string of the molecule is CC(C)(C)C(C)(C)n1cnnn1.CC(C)(C)C1(C)OCCO1.CC1(C)CC(C)(C(C)(C)C)Oc2ccccc21.CCC1N=C(C(C)(C)C(C)(C)C)NO1.CCOC1(C(C)(C)C)CCOCC1. The van der Waals surface area contributed by atoms with Crippen molar-refractivity contribution in [3.8, 4) is 5.75 Å². The van der Waals surface area contributed by atoms with E-state index < -0.39 is 0 Å². The van der Waals surface area contributed by atoms with Crippen molar-refractivity contribution in [2.24, 2.45) is 37.5 Å². The maximum absolute atomic E-state index is 6.32. The van der Waals surface area contributed by atoms with E-state index in [1.165, 1.54) is 5.56 Å². The molecule has 12 nitrogen and oxygen atoms in total. The van der Waals surface area contributed by atoms with Crippen molar-refractivity contribution >= 4 is 5.84 Å². The number of para-hydroxylation sites is 1. The molecular formula is C54H100N6O6. The van der Waals surface area contributed by atoms with Crippen LogP contribution in [0.3, 0.4) is 0 Å². The van der Waals surface area contributed by atoms with Gasteiger partial charge in [-0.1, -0.05) is 157 Å². The number of tetrazole rings is 1. The van der Waals surface area contributed by atoms with Crippen molar-refractivity contribution < 1.29 is 28.5 Å². The fourth-order valence-electron chi connectivity index (χ4n) is 7.69. The van der Waals surface area contributed by atoms with Crippen LogP contribution in [-0.2, 0) is 34.7 Å². The van der Waals surface area contributed by atoms with Gasteiger partial charge in [0, 0.05) is 48.9 Å². The summed E-state index contributed by atoms with van der Waals surface area (Å²) in [6.45, 7) is 58.7. The smallest absolute Gasteiger partial charge is 0.176 e. The van der Waals surface area contributed by atoms with Crippen molar-refractivity contribution in [1.82, 2.24) is 25.7 Å². The first-order chi connectivity index (χ1) is 29.8. The number of fused-ring (bicyclic) bond motifs is 1. The minimum absolute atomic E-state index is 0.00775. The lowest BCUT2D eigenvalue weighted by molar-refractivity contribution is -0.208. The van der Waals surface area contributed by atoms with E-state index in [2.05, 4.69) is 216 Å². The molecule has 2 fully saturated rings. The van der Waals surface area contributed by atoms with Gasteiger partial charge in [-0.05, 0) is 91.2 Å². The third-order valence-corrected chi connectivity index (χ3v) is 15.7. The second-order valence-corrected chi connectivity index (χ2v) is 25.8. The van der Waals surface area contributed by atoms with Crippen molar-refractivity contribution in [1.29, 1.82) is 0 Å². The minimum Gasteiger partial charge on any atom is -0.487 e. The van der Waals surface area contributed by atoms with Gasteiger partial charge in [0.1, 0.15) is 23.5 Å². The number of aromatic nitrogens is 4. The third kappa shape index (κ3) is 14.7. The van der Waals surface area contributed by atoms with Crippen LogP contribution in [-0.4, -0.2) is 82.3 Å². The number of rotatable bonds is 5. The lowest BCUT2D eigenvalue weighted by Gasteiger charge is -2.50. The van der Waals surface area contributed by atoms with Gasteiger partial charge < -0.3 is 23.7 Å². The Bertz CT molecular complexity index is 1770. The molecular weight excluding hydrogens is 829 g/mol. The number of nitrogens with one attached hydrogen (secondary N) is 1. The molecule has 1 N–H and O–H groups in total. The number of aliphatic imine (C=N–C) groups is 1. The van der Waals surface area contributed by atoms with Crippen LogP contribution >= 0.6 is 0 Å². The topological polar surface area (TPSA) is 123 Å². The predicted octanol–water partition coefficient (Wildman–Crippen LogP) is 13.1. The highest BCUT2D eigenvalue weighted by Gasteiger charge is 2.49. The van der Waals surface area contributed by atoms with E-state index in [0.717, 1.165) is 70.3 Å². The number of ether oxygens (including phenoxy) is 5. The van der Waals surface area contributed by atoms with Gasteiger partial charge in [0.25, 0.3) is 0 Å². The highest BCUT2D eigenvalue weighted by atomic mass is 16.7. The Kier molecular flexibility index (Phi) is 19.8. The molecule has 12 heteroatoms. The number of benzene rings is 1. The van der Waals surface area contributed by atoms with E-state index in [0.29, 0.717) is 0 Å². The van der Waals surface area contributed by atoms with Crippen molar-refractivity contribution in [2.45, 2.75) is 233 Å². The van der Waals surface area contributed by atoms with E-state index in [-0.39, 0.29) is 66.7 Å². The first kappa shape index (κ1) is 59.5. The molecule has 2 saturated heterocycles. The summed E-state index contributed by atoms with van der Waals surface area (Å²) in [5, 5.41) is 11.2. The summed E-state index contributed by atoms with van der Waals surface area (Å²) in [6.07, 6.45) is 5.68. The molecule has 0 bridgehead atoms. The Morgan fingerprint density at radius 3 is 1.65 bits per heavy atom. The highest BCUT2D eigenvalue weighted by molar-refractivity contribution is 5.88. The standard InChI is InChI=1S/C16H24O.C11H22N2O.C11H22O2.C8H16N4.C8H16O2/c1-14(2,3)16(6)11-15(4,5)12-9-7-8-10-13(12)17-16;1-7-8-12-9(13-14-8)11(5,6)10(2,3)4;1-5-13-11(10(2,3)4)6-8-12-9-7-11;1-7(2,3)8(4,5)12-6-9-10-11-12;1-7(2,3)8(4)9-5-6-10-8/h7-10H,11H2,1-6H3;8H,7H2,1-6H3,(H,12,13);5-9H2,1-4H3;6H,1-5H3;5-6H2,1-4H3. The molecule has 6 rings (SSSR count). The summed E-state index contributed by atoms with van der Waals surface area (Å²) in [6, 6.07) is 8.45. The van der Waals surface area contributed by atoms with E-state index >= 15 is 0 Å². The van der Waals surface area contributed by atoms with Crippen LogP contribution in [0, 0.1) is 32.5 Å². The summed E-state index contributed by atoms with van der Waals surface area (Å²) < 4.78 is 30.4. The van der Waals surface area contributed by atoms with Gasteiger partial charge in [-0.15, -0.1) is 5.10 Å². The minimum atomic E-state index is -0.368. The van der Waals surface area contributed by atoms with Gasteiger partial charge in [-0.3, -0.25) is 5.48 Å². The molecule has 0 amide bonds. The predicted molar refractivity (Wildman–Crippen MR) is 272 cm³/mol. The Balaban J connectivity index is 0.000000286. The summed E-state index contributed by atoms with van der Waals surface area (Å²) in [4.78, 5) is 9.87.